The van der Waals surface area contributed by atoms with Crippen molar-refractivity contribution >= 4 is 38.7 Å². The predicted octanol–water partition coefficient (Wildman–Crippen LogP) is 4.77. The Morgan fingerprint density at radius 2 is 1.90 bits per heavy atom. The number of methoxy groups -OCH3 is 2. The van der Waals surface area contributed by atoms with Gasteiger partial charge in [-0.15, -0.1) is 11.3 Å². The third kappa shape index (κ3) is 3.13. The number of hydrogen-bond donors (Lipinski definition) is 1. The third-order valence-electron chi connectivity index (χ3n) is 4.65. The molecule has 0 amide bonds. The molecule has 3 heterocycles. The molecule has 1 N–H and O–H groups in total. The molecular formula is C21H17N5O2S. The minimum Gasteiger partial charge on any atom is -0.493 e. The van der Waals surface area contributed by atoms with Gasteiger partial charge < -0.3 is 19.2 Å². The van der Waals surface area contributed by atoms with E-state index in [2.05, 4.69) is 21.4 Å². The van der Waals surface area contributed by atoms with Crippen molar-refractivity contribution in [2.24, 2.45) is 0 Å². The number of rotatable bonds is 5. The van der Waals surface area contributed by atoms with Gasteiger partial charge in [0.2, 0.25) is 0 Å². The molecule has 0 fully saturated rings. The fourth-order valence-electron chi connectivity index (χ4n) is 3.22. The van der Waals surface area contributed by atoms with E-state index >= 15 is 0 Å². The summed E-state index contributed by atoms with van der Waals surface area (Å²) in [6.07, 6.45) is 5.64. The monoisotopic (exact) mass is 403 g/mol. The topological polar surface area (TPSA) is 73.6 Å². The molecule has 0 atom stereocenters. The maximum absolute atomic E-state index is 5.40. The first-order valence-electron chi connectivity index (χ1n) is 8.91. The molecule has 0 aliphatic rings. The zero-order chi connectivity index (χ0) is 19.8. The van der Waals surface area contributed by atoms with E-state index in [4.69, 9.17) is 14.5 Å². The van der Waals surface area contributed by atoms with E-state index in [1.807, 2.05) is 52.6 Å². The molecule has 144 valence electrons. The highest BCUT2D eigenvalue weighted by atomic mass is 32.1. The van der Waals surface area contributed by atoms with Gasteiger partial charge >= 0.3 is 0 Å². The van der Waals surface area contributed by atoms with E-state index in [0.717, 1.165) is 32.8 Å². The van der Waals surface area contributed by atoms with Crippen molar-refractivity contribution in [3.8, 4) is 22.8 Å². The molecule has 3 aromatic heterocycles. The number of anilines is 2. The van der Waals surface area contributed by atoms with E-state index in [1.165, 1.54) is 0 Å². The Bertz CT molecular complexity index is 1330. The lowest BCUT2D eigenvalue weighted by atomic mass is 10.1. The van der Waals surface area contributed by atoms with Crippen molar-refractivity contribution in [2.45, 2.75) is 0 Å². The highest BCUT2D eigenvalue weighted by molar-refractivity contribution is 7.16. The summed E-state index contributed by atoms with van der Waals surface area (Å²) in [4.78, 5) is 13.6. The standard InChI is InChI=1S/C21H17N5O2S/c1-27-17-6-4-14(10-18(17)28-2)24-20-21-22-7-8-26(21)11-16(25-20)13-3-5-15-19(9-13)29-12-23-15/h3-12H,1-2H3,(H,24,25). The molecule has 5 aromatic rings. The second kappa shape index (κ2) is 7.06. The molecule has 0 unspecified atom stereocenters. The molecule has 29 heavy (non-hydrogen) atoms. The summed E-state index contributed by atoms with van der Waals surface area (Å²) >= 11 is 1.62. The van der Waals surface area contributed by atoms with Crippen molar-refractivity contribution in [3.63, 3.8) is 0 Å². The van der Waals surface area contributed by atoms with E-state index < -0.39 is 0 Å². The van der Waals surface area contributed by atoms with Gasteiger partial charge in [-0.1, -0.05) is 6.07 Å². The van der Waals surface area contributed by atoms with E-state index in [9.17, 15) is 0 Å². The third-order valence-corrected chi connectivity index (χ3v) is 5.44. The molecule has 0 aliphatic heterocycles. The van der Waals surface area contributed by atoms with Crippen LogP contribution in [0.1, 0.15) is 0 Å². The van der Waals surface area contributed by atoms with Crippen LogP contribution in [-0.4, -0.2) is 33.6 Å². The summed E-state index contributed by atoms with van der Waals surface area (Å²) in [5, 5.41) is 3.36. The average molecular weight is 403 g/mol. The Balaban J connectivity index is 1.59. The second-order valence-electron chi connectivity index (χ2n) is 6.36. The molecule has 0 radical (unpaired) electrons. The van der Waals surface area contributed by atoms with Crippen molar-refractivity contribution in [1.82, 2.24) is 19.4 Å². The van der Waals surface area contributed by atoms with Crippen molar-refractivity contribution in [3.05, 3.63) is 60.5 Å². The highest BCUT2D eigenvalue weighted by Gasteiger charge is 2.12. The number of fused-ring (bicyclic) bond motifs is 2. The Morgan fingerprint density at radius 1 is 1.00 bits per heavy atom. The summed E-state index contributed by atoms with van der Waals surface area (Å²) in [6.45, 7) is 0. The maximum Gasteiger partial charge on any atom is 0.180 e. The van der Waals surface area contributed by atoms with Gasteiger partial charge in [-0.2, -0.15) is 0 Å². The molecule has 0 spiro atoms. The number of imidazole rings is 1. The van der Waals surface area contributed by atoms with Crippen LogP contribution in [0.2, 0.25) is 0 Å². The number of nitrogens with one attached hydrogen (secondary N) is 1. The number of hydrogen-bond acceptors (Lipinski definition) is 7. The van der Waals surface area contributed by atoms with Gasteiger partial charge in [-0.25, -0.2) is 15.0 Å². The normalized spacial score (nSPS) is 11.1. The second-order valence-corrected chi connectivity index (χ2v) is 7.25. The van der Waals surface area contributed by atoms with Gasteiger partial charge in [0.25, 0.3) is 0 Å². The van der Waals surface area contributed by atoms with Gasteiger partial charge in [0.15, 0.2) is 23.0 Å². The molecule has 0 bridgehead atoms. The first kappa shape index (κ1) is 17.4. The Labute approximate surface area is 170 Å². The smallest absolute Gasteiger partial charge is 0.180 e. The molecule has 2 aromatic carbocycles. The minimum atomic E-state index is 0.642. The first-order chi connectivity index (χ1) is 14.2. The Kier molecular flexibility index (Phi) is 4.25. The predicted molar refractivity (Wildman–Crippen MR) is 114 cm³/mol. The van der Waals surface area contributed by atoms with Crippen LogP contribution in [0.4, 0.5) is 11.5 Å². The number of nitrogens with zero attached hydrogens (tertiary/aromatic N) is 4. The fourth-order valence-corrected chi connectivity index (χ4v) is 3.94. The molecular weight excluding hydrogens is 386 g/mol. The summed E-state index contributed by atoms with van der Waals surface area (Å²) in [5.74, 6) is 1.97. The van der Waals surface area contributed by atoms with Crippen LogP contribution in [0.3, 0.4) is 0 Å². The average Bonchev–Trinajstić information content (AvgIpc) is 3.42. The van der Waals surface area contributed by atoms with Crippen LogP contribution < -0.4 is 14.8 Å². The van der Waals surface area contributed by atoms with Crippen LogP contribution in [-0.2, 0) is 0 Å². The minimum absolute atomic E-state index is 0.642. The summed E-state index contributed by atoms with van der Waals surface area (Å²) < 4.78 is 13.8. The lowest BCUT2D eigenvalue weighted by Crippen LogP contribution is -2.01. The van der Waals surface area contributed by atoms with Crippen LogP contribution in [0.15, 0.2) is 60.5 Å². The van der Waals surface area contributed by atoms with Gasteiger partial charge in [-0.05, 0) is 24.3 Å². The Hall–Kier alpha value is -3.65. The molecule has 0 aliphatic carbocycles. The lowest BCUT2D eigenvalue weighted by Gasteiger charge is -2.12. The molecule has 5 rings (SSSR count). The van der Waals surface area contributed by atoms with Crippen LogP contribution in [0, 0.1) is 0 Å². The largest absolute Gasteiger partial charge is 0.493 e. The van der Waals surface area contributed by atoms with Crippen molar-refractivity contribution < 1.29 is 9.47 Å². The summed E-state index contributed by atoms with van der Waals surface area (Å²) in [5.41, 5.74) is 6.27. The van der Waals surface area contributed by atoms with Gasteiger partial charge in [0, 0.05) is 35.9 Å². The van der Waals surface area contributed by atoms with Gasteiger partial charge in [0.1, 0.15) is 0 Å². The highest BCUT2D eigenvalue weighted by Crippen LogP contribution is 2.32. The lowest BCUT2D eigenvalue weighted by molar-refractivity contribution is 0.355. The number of thiazole rings is 1. The molecule has 0 saturated heterocycles. The van der Waals surface area contributed by atoms with Crippen molar-refractivity contribution in [2.75, 3.05) is 19.5 Å². The van der Waals surface area contributed by atoms with E-state index in [-0.39, 0.29) is 0 Å². The molecule has 0 saturated carbocycles. The Morgan fingerprint density at radius 3 is 2.76 bits per heavy atom. The van der Waals surface area contributed by atoms with Crippen LogP contribution in [0.5, 0.6) is 11.5 Å². The van der Waals surface area contributed by atoms with E-state index in [1.54, 1.807) is 31.8 Å². The zero-order valence-corrected chi connectivity index (χ0v) is 16.6. The SMILES string of the molecule is COc1ccc(Nc2nc(-c3ccc4ncsc4c3)cn3ccnc23)cc1OC. The van der Waals surface area contributed by atoms with Crippen LogP contribution >= 0.6 is 11.3 Å². The first-order valence-corrected chi connectivity index (χ1v) is 9.79. The summed E-state index contributed by atoms with van der Waals surface area (Å²) in [7, 11) is 3.23. The van der Waals surface area contributed by atoms with Gasteiger partial charge in [0.05, 0.1) is 35.6 Å². The fraction of sp³-hybridized carbons (Fsp3) is 0.0952. The molecule has 7 nitrogen and oxygen atoms in total. The van der Waals surface area contributed by atoms with Crippen molar-refractivity contribution in [1.29, 1.82) is 0 Å². The summed E-state index contributed by atoms with van der Waals surface area (Å²) in [6, 6.07) is 11.8. The zero-order valence-electron chi connectivity index (χ0n) is 15.8. The maximum atomic E-state index is 5.40. The van der Waals surface area contributed by atoms with Gasteiger partial charge in [-0.3, -0.25) is 0 Å². The number of ether oxygens (including phenoxy) is 2. The quantitative estimate of drug-likeness (QED) is 0.456. The van der Waals surface area contributed by atoms with Crippen LogP contribution in [0.25, 0.3) is 27.1 Å². The number of aromatic nitrogens is 4. The van der Waals surface area contributed by atoms with E-state index in [0.29, 0.717) is 17.3 Å². The number of benzene rings is 2. The molecule has 8 heteroatoms.